The number of para-hydroxylation sites is 2. The van der Waals surface area contributed by atoms with E-state index in [1.54, 1.807) is 13.1 Å². The standard InChI is InChI=1S/C18H17NO3/c1-11-6-5-8-13-17(21)14(10-16(20)19-2)12-7-3-4-9-15(12)22-18(11)13/h3-9,14H,10H2,1-2H3,(H,19,20). The second-order valence-corrected chi connectivity index (χ2v) is 5.39. The number of amides is 1. The summed E-state index contributed by atoms with van der Waals surface area (Å²) in [7, 11) is 1.57. The van der Waals surface area contributed by atoms with E-state index in [2.05, 4.69) is 5.32 Å². The predicted octanol–water partition coefficient (Wildman–Crippen LogP) is 3.20. The number of aryl methyl sites for hydroxylation is 1. The molecular weight excluding hydrogens is 278 g/mol. The smallest absolute Gasteiger partial charge is 0.220 e. The maximum atomic E-state index is 12.9. The van der Waals surface area contributed by atoms with E-state index in [4.69, 9.17) is 4.74 Å². The van der Waals surface area contributed by atoms with Crippen molar-refractivity contribution in [2.75, 3.05) is 7.05 Å². The van der Waals surface area contributed by atoms with Crippen molar-refractivity contribution in [2.45, 2.75) is 19.3 Å². The summed E-state index contributed by atoms with van der Waals surface area (Å²) in [5.41, 5.74) is 2.19. The van der Waals surface area contributed by atoms with Gasteiger partial charge in [0.25, 0.3) is 0 Å². The number of hydrogen-bond acceptors (Lipinski definition) is 3. The Hall–Kier alpha value is -2.62. The normalized spacial score (nSPS) is 16.1. The van der Waals surface area contributed by atoms with E-state index < -0.39 is 5.92 Å². The topological polar surface area (TPSA) is 55.4 Å². The zero-order valence-electron chi connectivity index (χ0n) is 12.6. The number of ketones is 1. The van der Waals surface area contributed by atoms with Gasteiger partial charge in [-0.2, -0.15) is 0 Å². The summed E-state index contributed by atoms with van der Waals surface area (Å²) < 4.78 is 6.00. The maximum Gasteiger partial charge on any atom is 0.220 e. The Labute approximate surface area is 129 Å². The minimum atomic E-state index is -0.529. The molecule has 0 aromatic heterocycles. The fourth-order valence-electron chi connectivity index (χ4n) is 2.77. The van der Waals surface area contributed by atoms with Crippen LogP contribution in [0.3, 0.4) is 0 Å². The summed E-state index contributed by atoms with van der Waals surface area (Å²) >= 11 is 0. The van der Waals surface area contributed by atoms with Crippen LogP contribution in [-0.2, 0) is 4.79 Å². The highest BCUT2D eigenvalue weighted by atomic mass is 16.5. The molecule has 0 fully saturated rings. The average molecular weight is 295 g/mol. The van der Waals surface area contributed by atoms with Crippen molar-refractivity contribution < 1.29 is 14.3 Å². The monoisotopic (exact) mass is 295 g/mol. The molecule has 1 unspecified atom stereocenters. The number of fused-ring (bicyclic) bond motifs is 2. The quantitative estimate of drug-likeness (QED) is 0.925. The van der Waals surface area contributed by atoms with Crippen LogP contribution in [0, 0.1) is 6.92 Å². The Bertz CT molecular complexity index is 752. The van der Waals surface area contributed by atoms with Crippen LogP contribution in [0.15, 0.2) is 42.5 Å². The first-order valence-corrected chi connectivity index (χ1v) is 7.23. The molecule has 112 valence electrons. The highest BCUT2D eigenvalue weighted by Gasteiger charge is 2.32. The maximum absolute atomic E-state index is 12.9. The van der Waals surface area contributed by atoms with E-state index in [9.17, 15) is 9.59 Å². The lowest BCUT2D eigenvalue weighted by atomic mass is 9.87. The fourth-order valence-corrected chi connectivity index (χ4v) is 2.77. The molecule has 3 rings (SSSR count). The van der Waals surface area contributed by atoms with Gasteiger partial charge in [-0.25, -0.2) is 0 Å². The van der Waals surface area contributed by atoms with Gasteiger partial charge in [0.1, 0.15) is 11.5 Å². The number of benzene rings is 2. The zero-order valence-corrected chi connectivity index (χ0v) is 12.6. The molecule has 1 aliphatic heterocycles. The molecule has 2 aromatic carbocycles. The Kier molecular flexibility index (Phi) is 3.67. The summed E-state index contributed by atoms with van der Waals surface area (Å²) in [5.74, 6) is 0.452. The molecule has 1 atom stereocenters. The van der Waals surface area contributed by atoms with Crippen LogP contribution in [0.4, 0.5) is 0 Å². The summed E-state index contributed by atoms with van der Waals surface area (Å²) in [6.45, 7) is 1.91. The van der Waals surface area contributed by atoms with Crippen LogP contribution in [-0.4, -0.2) is 18.7 Å². The van der Waals surface area contributed by atoms with Gasteiger partial charge in [-0.3, -0.25) is 9.59 Å². The van der Waals surface area contributed by atoms with Gasteiger partial charge in [0.05, 0.1) is 11.5 Å². The van der Waals surface area contributed by atoms with Gasteiger partial charge < -0.3 is 10.1 Å². The minimum Gasteiger partial charge on any atom is -0.456 e. The molecule has 2 aromatic rings. The lowest BCUT2D eigenvalue weighted by Crippen LogP contribution is -2.24. The van der Waals surface area contributed by atoms with Crippen LogP contribution in [0.2, 0.25) is 0 Å². The van der Waals surface area contributed by atoms with Crippen molar-refractivity contribution in [3.63, 3.8) is 0 Å². The Morgan fingerprint density at radius 2 is 1.95 bits per heavy atom. The van der Waals surface area contributed by atoms with Crippen LogP contribution in [0.25, 0.3) is 0 Å². The number of ether oxygens (including phenoxy) is 1. The third-order valence-electron chi connectivity index (χ3n) is 3.97. The second kappa shape index (κ2) is 5.64. The molecule has 0 bridgehead atoms. The van der Waals surface area contributed by atoms with Crippen molar-refractivity contribution in [1.29, 1.82) is 0 Å². The molecule has 0 saturated heterocycles. The van der Waals surface area contributed by atoms with Crippen LogP contribution < -0.4 is 10.1 Å². The third-order valence-corrected chi connectivity index (χ3v) is 3.97. The number of carbonyl (C=O) groups excluding carboxylic acids is 2. The van der Waals surface area contributed by atoms with E-state index in [0.717, 1.165) is 11.1 Å². The minimum absolute atomic E-state index is 0.0766. The summed E-state index contributed by atoms with van der Waals surface area (Å²) in [6, 6.07) is 12.9. The van der Waals surface area contributed by atoms with Crippen molar-refractivity contribution in [3.8, 4) is 11.5 Å². The third kappa shape index (κ3) is 2.37. The molecule has 1 aliphatic rings. The first kappa shape index (κ1) is 14.3. The number of rotatable bonds is 2. The fraction of sp³-hybridized carbons (Fsp3) is 0.222. The Balaban J connectivity index is 2.17. The van der Waals surface area contributed by atoms with Gasteiger partial charge in [0.2, 0.25) is 5.91 Å². The molecule has 4 heteroatoms. The highest BCUT2D eigenvalue weighted by molar-refractivity contribution is 6.06. The number of carbonyl (C=O) groups is 2. The average Bonchev–Trinajstić information content (AvgIpc) is 2.65. The molecular formula is C18H17NO3. The first-order valence-electron chi connectivity index (χ1n) is 7.23. The molecule has 0 saturated carbocycles. The van der Waals surface area contributed by atoms with Gasteiger partial charge in [0, 0.05) is 19.0 Å². The van der Waals surface area contributed by atoms with Crippen molar-refractivity contribution >= 4 is 11.7 Å². The summed E-state index contributed by atoms with van der Waals surface area (Å²) in [5, 5.41) is 2.59. The van der Waals surface area contributed by atoms with Crippen LogP contribution in [0.1, 0.15) is 33.8 Å². The molecule has 1 N–H and O–H groups in total. The Morgan fingerprint density at radius 3 is 2.73 bits per heavy atom. The summed E-state index contributed by atoms with van der Waals surface area (Å²) in [6.07, 6.45) is 0.114. The number of nitrogens with one attached hydrogen (secondary N) is 1. The number of Topliss-reactive ketones (excluding diaryl/α,β-unsaturated/α-hetero) is 1. The molecule has 1 heterocycles. The lowest BCUT2D eigenvalue weighted by Gasteiger charge is -2.14. The van der Waals surface area contributed by atoms with Gasteiger partial charge in [-0.1, -0.05) is 30.3 Å². The first-order chi connectivity index (χ1) is 10.6. The van der Waals surface area contributed by atoms with E-state index >= 15 is 0 Å². The number of hydrogen-bond donors (Lipinski definition) is 1. The van der Waals surface area contributed by atoms with E-state index in [1.165, 1.54) is 0 Å². The highest BCUT2D eigenvalue weighted by Crippen LogP contribution is 2.41. The molecule has 1 amide bonds. The lowest BCUT2D eigenvalue weighted by molar-refractivity contribution is -0.120. The van der Waals surface area contributed by atoms with Crippen molar-refractivity contribution in [2.24, 2.45) is 0 Å². The van der Waals surface area contributed by atoms with Crippen molar-refractivity contribution in [1.82, 2.24) is 5.32 Å². The van der Waals surface area contributed by atoms with Crippen molar-refractivity contribution in [3.05, 3.63) is 59.2 Å². The largest absolute Gasteiger partial charge is 0.456 e. The Morgan fingerprint density at radius 1 is 1.18 bits per heavy atom. The van der Waals surface area contributed by atoms with E-state index in [1.807, 2.05) is 43.3 Å². The molecule has 0 spiro atoms. The van der Waals surface area contributed by atoms with Crippen LogP contribution in [0.5, 0.6) is 11.5 Å². The van der Waals surface area contributed by atoms with Crippen LogP contribution >= 0.6 is 0 Å². The van der Waals surface area contributed by atoms with Gasteiger partial charge >= 0.3 is 0 Å². The van der Waals surface area contributed by atoms with Gasteiger partial charge in [-0.05, 0) is 24.6 Å². The molecule has 0 aliphatic carbocycles. The zero-order chi connectivity index (χ0) is 15.7. The van der Waals surface area contributed by atoms with Gasteiger partial charge in [0.15, 0.2) is 5.78 Å². The second-order valence-electron chi connectivity index (χ2n) is 5.39. The van der Waals surface area contributed by atoms with E-state index in [-0.39, 0.29) is 18.1 Å². The molecule has 22 heavy (non-hydrogen) atoms. The van der Waals surface area contributed by atoms with E-state index in [0.29, 0.717) is 17.1 Å². The molecule has 0 radical (unpaired) electrons. The molecule has 4 nitrogen and oxygen atoms in total. The van der Waals surface area contributed by atoms with Gasteiger partial charge in [-0.15, -0.1) is 0 Å². The summed E-state index contributed by atoms with van der Waals surface area (Å²) in [4.78, 5) is 24.8. The predicted molar refractivity (Wildman–Crippen MR) is 83.5 cm³/mol. The SMILES string of the molecule is CNC(=O)CC1C(=O)c2cccc(C)c2Oc2ccccc21.